The number of rotatable bonds is 3. The van der Waals surface area contributed by atoms with Crippen LogP contribution in [0.2, 0.25) is 0 Å². The summed E-state index contributed by atoms with van der Waals surface area (Å²) in [6, 6.07) is 16.5. The average molecular weight is 311 g/mol. The van der Waals surface area contributed by atoms with Crippen LogP contribution in [0.15, 0.2) is 48.5 Å². The van der Waals surface area contributed by atoms with E-state index in [1.54, 1.807) is 0 Å². The molecule has 3 heteroatoms. The van der Waals surface area contributed by atoms with Crippen molar-refractivity contribution in [2.24, 2.45) is 0 Å². The van der Waals surface area contributed by atoms with E-state index >= 15 is 0 Å². The van der Waals surface area contributed by atoms with Crippen LogP contribution in [0.4, 0.5) is 0 Å². The monoisotopic (exact) mass is 311 g/mol. The Hall–Kier alpha value is -1.84. The number of hydrogen-bond donors (Lipinski definition) is 1. The lowest BCUT2D eigenvalue weighted by Crippen LogP contribution is -2.27. The molecule has 2 aromatic rings. The van der Waals surface area contributed by atoms with Gasteiger partial charge in [-0.25, -0.2) is 0 Å². The largest absolute Gasteiger partial charge is 0.507 e. The molecule has 0 bridgehead atoms. The third-order valence-electron chi connectivity index (χ3n) is 4.84. The molecule has 3 atom stereocenters. The number of likely N-dealkylation sites (N-methyl/N-ethyl adjacent to an activating group) is 1. The van der Waals surface area contributed by atoms with Crippen LogP contribution in [-0.2, 0) is 4.74 Å². The Kier molecular flexibility index (Phi) is 4.42. The predicted octanol–water partition coefficient (Wildman–Crippen LogP) is 4.61. The fourth-order valence-electron chi connectivity index (χ4n) is 3.31. The van der Waals surface area contributed by atoms with Gasteiger partial charge < -0.3 is 9.84 Å². The molecule has 0 radical (unpaired) electrons. The molecular formula is C20H25NO2. The standard InChI is InChI=1S/C20H25NO2/c1-13(2)16-11-8-12-17(18(16)22)20-21(4)14(3)19(23-20)15-9-6-5-7-10-15/h5-14,19-20,22H,1-4H3/t14-,19?,20-/m0/s1. The van der Waals surface area contributed by atoms with Crippen molar-refractivity contribution in [3.05, 3.63) is 65.2 Å². The van der Waals surface area contributed by atoms with Gasteiger partial charge in [0.25, 0.3) is 0 Å². The topological polar surface area (TPSA) is 32.7 Å². The number of ether oxygens (including phenoxy) is 1. The van der Waals surface area contributed by atoms with Crippen molar-refractivity contribution in [1.29, 1.82) is 0 Å². The summed E-state index contributed by atoms with van der Waals surface area (Å²) in [7, 11) is 2.06. The van der Waals surface area contributed by atoms with Gasteiger partial charge >= 0.3 is 0 Å². The molecule has 0 spiro atoms. The number of phenolic OH excluding ortho intramolecular Hbond substituents is 1. The van der Waals surface area contributed by atoms with Crippen LogP contribution in [0.25, 0.3) is 0 Å². The van der Waals surface area contributed by atoms with Gasteiger partial charge in [-0.15, -0.1) is 0 Å². The minimum Gasteiger partial charge on any atom is -0.507 e. The van der Waals surface area contributed by atoms with E-state index in [9.17, 15) is 5.11 Å². The highest BCUT2D eigenvalue weighted by Crippen LogP contribution is 2.44. The normalized spacial score (nSPS) is 25.2. The lowest BCUT2D eigenvalue weighted by molar-refractivity contribution is 0.00409. The van der Waals surface area contributed by atoms with E-state index in [0.717, 1.165) is 11.1 Å². The van der Waals surface area contributed by atoms with Gasteiger partial charge in [0.15, 0.2) is 0 Å². The summed E-state index contributed by atoms with van der Waals surface area (Å²) in [5.74, 6) is 0.643. The Morgan fingerprint density at radius 1 is 1.04 bits per heavy atom. The molecule has 122 valence electrons. The van der Waals surface area contributed by atoms with Gasteiger partial charge in [0, 0.05) is 11.6 Å². The number of nitrogens with zero attached hydrogens (tertiary/aromatic N) is 1. The van der Waals surface area contributed by atoms with E-state index in [1.807, 2.05) is 36.4 Å². The molecule has 0 saturated carbocycles. The van der Waals surface area contributed by atoms with Gasteiger partial charge in [-0.05, 0) is 31.0 Å². The summed E-state index contributed by atoms with van der Waals surface area (Å²) in [5, 5.41) is 10.7. The molecule has 1 saturated heterocycles. The molecule has 23 heavy (non-hydrogen) atoms. The molecule has 1 unspecified atom stereocenters. The van der Waals surface area contributed by atoms with Gasteiger partial charge in [-0.2, -0.15) is 0 Å². The Morgan fingerprint density at radius 2 is 1.74 bits per heavy atom. The number of aromatic hydroxyl groups is 1. The number of benzene rings is 2. The minimum atomic E-state index is -0.228. The quantitative estimate of drug-likeness (QED) is 0.898. The Labute approximate surface area is 138 Å². The molecule has 3 rings (SSSR count). The van der Waals surface area contributed by atoms with Crippen molar-refractivity contribution in [3.8, 4) is 5.75 Å². The molecule has 0 aromatic heterocycles. The van der Waals surface area contributed by atoms with E-state index in [4.69, 9.17) is 4.74 Å². The van der Waals surface area contributed by atoms with Crippen LogP contribution in [-0.4, -0.2) is 23.1 Å². The van der Waals surface area contributed by atoms with Gasteiger partial charge in [-0.3, -0.25) is 4.90 Å². The molecule has 1 aliphatic rings. The highest BCUT2D eigenvalue weighted by molar-refractivity contribution is 5.43. The summed E-state index contributed by atoms with van der Waals surface area (Å²) in [6.45, 7) is 6.35. The summed E-state index contributed by atoms with van der Waals surface area (Å²) in [5.41, 5.74) is 2.99. The fraction of sp³-hybridized carbons (Fsp3) is 0.400. The first-order valence-electron chi connectivity index (χ1n) is 8.24. The molecule has 0 aliphatic carbocycles. The van der Waals surface area contributed by atoms with Crippen molar-refractivity contribution in [1.82, 2.24) is 4.90 Å². The molecule has 2 aromatic carbocycles. The second kappa shape index (κ2) is 6.34. The van der Waals surface area contributed by atoms with Crippen LogP contribution in [0.5, 0.6) is 5.75 Å². The summed E-state index contributed by atoms with van der Waals surface area (Å²) < 4.78 is 6.34. The zero-order valence-electron chi connectivity index (χ0n) is 14.2. The van der Waals surface area contributed by atoms with Crippen LogP contribution in [0.1, 0.15) is 55.7 Å². The SMILES string of the molecule is CC(C)c1cccc([C@@H]2OC(c3ccccc3)[C@H](C)N2C)c1O. The lowest BCUT2D eigenvalue weighted by Gasteiger charge is -2.23. The summed E-state index contributed by atoms with van der Waals surface area (Å²) in [4.78, 5) is 2.19. The van der Waals surface area contributed by atoms with Crippen LogP contribution in [0.3, 0.4) is 0 Å². The van der Waals surface area contributed by atoms with Crippen LogP contribution >= 0.6 is 0 Å². The van der Waals surface area contributed by atoms with Gasteiger partial charge in [-0.1, -0.05) is 62.4 Å². The molecule has 1 N–H and O–H groups in total. The lowest BCUT2D eigenvalue weighted by atomic mass is 9.98. The highest BCUT2D eigenvalue weighted by atomic mass is 16.5. The fourth-order valence-corrected chi connectivity index (χ4v) is 3.31. The smallest absolute Gasteiger partial charge is 0.141 e. The summed E-state index contributed by atoms with van der Waals surface area (Å²) >= 11 is 0. The van der Waals surface area contributed by atoms with Crippen molar-refractivity contribution in [2.75, 3.05) is 7.05 Å². The molecular weight excluding hydrogens is 286 g/mol. The van der Waals surface area contributed by atoms with Crippen LogP contribution in [0, 0.1) is 0 Å². The first kappa shape index (κ1) is 16.0. The van der Waals surface area contributed by atoms with E-state index in [0.29, 0.717) is 5.75 Å². The maximum Gasteiger partial charge on any atom is 0.141 e. The third-order valence-corrected chi connectivity index (χ3v) is 4.84. The Bertz CT molecular complexity index is 669. The van der Waals surface area contributed by atoms with Gasteiger partial charge in [0.2, 0.25) is 0 Å². The summed E-state index contributed by atoms with van der Waals surface area (Å²) in [6.07, 6.45) is -0.220. The van der Waals surface area contributed by atoms with Crippen molar-refractivity contribution < 1.29 is 9.84 Å². The molecule has 1 heterocycles. The first-order valence-corrected chi connectivity index (χ1v) is 8.24. The van der Waals surface area contributed by atoms with Gasteiger partial charge in [0.1, 0.15) is 18.1 Å². The number of phenols is 1. The average Bonchev–Trinajstić information content (AvgIpc) is 2.84. The predicted molar refractivity (Wildman–Crippen MR) is 92.4 cm³/mol. The molecule has 3 nitrogen and oxygen atoms in total. The first-order chi connectivity index (χ1) is 11.0. The molecule has 1 fully saturated rings. The van der Waals surface area contributed by atoms with Gasteiger partial charge in [0.05, 0.1) is 0 Å². The number of hydrogen-bond acceptors (Lipinski definition) is 3. The Balaban J connectivity index is 1.94. The molecule has 0 amide bonds. The van der Waals surface area contributed by atoms with Crippen molar-refractivity contribution >= 4 is 0 Å². The Morgan fingerprint density at radius 3 is 2.39 bits per heavy atom. The second-order valence-corrected chi connectivity index (χ2v) is 6.67. The highest BCUT2D eigenvalue weighted by Gasteiger charge is 2.40. The number of para-hydroxylation sites is 1. The second-order valence-electron chi connectivity index (χ2n) is 6.67. The minimum absolute atomic E-state index is 0.00769. The van der Waals surface area contributed by atoms with E-state index in [2.05, 4.69) is 44.9 Å². The molecule has 1 aliphatic heterocycles. The van der Waals surface area contributed by atoms with E-state index in [1.165, 1.54) is 5.56 Å². The zero-order chi connectivity index (χ0) is 16.6. The third kappa shape index (κ3) is 2.87. The maximum absolute atomic E-state index is 10.7. The zero-order valence-corrected chi connectivity index (χ0v) is 14.2. The maximum atomic E-state index is 10.7. The van der Waals surface area contributed by atoms with Crippen molar-refractivity contribution in [3.63, 3.8) is 0 Å². The van der Waals surface area contributed by atoms with Crippen LogP contribution < -0.4 is 0 Å². The van der Waals surface area contributed by atoms with E-state index < -0.39 is 0 Å². The van der Waals surface area contributed by atoms with E-state index in [-0.39, 0.29) is 24.3 Å². The van der Waals surface area contributed by atoms with Crippen molar-refractivity contribution in [2.45, 2.75) is 45.1 Å².